The van der Waals surface area contributed by atoms with Crippen LogP contribution in [0.25, 0.3) is 0 Å². The number of carbonyl (C=O) groups is 1. The van der Waals surface area contributed by atoms with Gasteiger partial charge >= 0.3 is 0 Å². The van der Waals surface area contributed by atoms with Gasteiger partial charge in [-0.1, -0.05) is 70.2 Å². The van der Waals surface area contributed by atoms with E-state index in [1.165, 1.54) is 0 Å². The van der Waals surface area contributed by atoms with Gasteiger partial charge in [-0.2, -0.15) is 0 Å². The van der Waals surface area contributed by atoms with Crippen LogP contribution in [0.3, 0.4) is 0 Å². The molecule has 0 amide bonds. The summed E-state index contributed by atoms with van der Waals surface area (Å²) in [5.74, 6) is 0.521. The first kappa shape index (κ1) is 17.3. The van der Waals surface area contributed by atoms with Crippen LogP contribution < -0.4 is 0 Å². The predicted molar refractivity (Wildman–Crippen MR) is 95.4 cm³/mol. The summed E-state index contributed by atoms with van der Waals surface area (Å²) in [7, 11) is 0. The normalized spacial score (nSPS) is 13.6. The molecular weight excluding hydrogens is 284 g/mol. The second-order valence-electron chi connectivity index (χ2n) is 6.28. The van der Waals surface area contributed by atoms with Gasteiger partial charge in [-0.25, -0.2) is 0 Å². The highest BCUT2D eigenvalue weighted by Gasteiger charge is 2.24. The molecule has 0 saturated heterocycles. The van der Waals surface area contributed by atoms with Crippen molar-refractivity contribution in [1.82, 2.24) is 0 Å². The monoisotopic (exact) mass is 310 g/mol. The summed E-state index contributed by atoms with van der Waals surface area (Å²) >= 11 is 0. The number of aromatic hydroxyl groups is 1. The van der Waals surface area contributed by atoms with Gasteiger partial charge in [-0.15, -0.1) is 0 Å². The Bertz CT molecular complexity index is 674. The van der Waals surface area contributed by atoms with E-state index in [2.05, 4.69) is 27.7 Å². The average molecular weight is 310 g/mol. The van der Waals surface area contributed by atoms with E-state index >= 15 is 0 Å². The predicted octanol–water partition coefficient (Wildman–Crippen LogP) is 5.65. The van der Waals surface area contributed by atoms with Crippen LogP contribution in [0.5, 0.6) is 5.75 Å². The minimum atomic E-state index is -0.0939. The second kappa shape index (κ2) is 7.45. The third-order valence-corrected chi connectivity index (χ3v) is 4.79. The van der Waals surface area contributed by atoms with Crippen molar-refractivity contribution in [2.24, 2.45) is 0 Å². The van der Waals surface area contributed by atoms with E-state index in [0.29, 0.717) is 11.1 Å². The highest BCUT2D eigenvalue weighted by molar-refractivity contribution is 6.12. The van der Waals surface area contributed by atoms with Gasteiger partial charge in [0, 0.05) is 5.56 Å². The van der Waals surface area contributed by atoms with Gasteiger partial charge in [0.25, 0.3) is 0 Å². The molecule has 0 spiro atoms. The summed E-state index contributed by atoms with van der Waals surface area (Å²) in [6.45, 7) is 8.36. The lowest BCUT2D eigenvalue weighted by atomic mass is 9.85. The zero-order chi connectivity index (χ0) is 17.0. The van der Waals surface area contributed by atoms with Crippen LogP contribution in [0.4, 0.5) is 0 Å². The largest absolute Gasteiger partial charge is 0.507 e. The molecule has 122 valence electrons. The molecule has 0 aliphatic rings. The zero-order valence-corrected chi connectivity index (χ0v) is 14.5. The van der Waals surface area contributed by atoms with Gasteiger partial charge in [0.1, 0.15) is 5.75 Å². The SMILES string of the molecule is CC[C@H](C)c1ccc([C@@H](C)CC)c(C(=O)c2ccccc2)c1O. The molecule has 0 heterocycles. The Kier molecular flexibility index (Phi) is 5.59. The van der Waals surface area contributed by atoms with Crippen molar-refractivity contribution in [1.29, 1.82) is 0 Å². The Morgan fingerprint density at radius 3 is 2.00 bits per heavy atom. The maximum absolute atomic E-state index is 13.0. The van der Waals surface area contributed by atoms with Crippen LogP contribution in [0.2, 0.25) is 0 Å². The molecule has 0 aromatic heterocycles. The Balaban J connectivity index is 2.64. The number of phenolic OH excluding ortho intramolecular Hbond substituents is 1. The summed E-state index contributed by atoms with van der Waals surface area (Å²) in [4.78, 5) is 13.0. The maximum atomic E-state index is 13.0. The van der Waals surface area contributed by atoms with Crippen LogP contribution in [-0.4, -0.2) is 10.9 Å². The molecule has 0 unspecified atom stereocenters. The van der Waals surface area contributed by atoms with Crippen molar-refractivity contribution in [3.8, 4) is 5.75 Å². The van der Waals surface area contributed by atoms with Crippen LogP contribution in [0, 0.1) is 0 Å². The number of rotatable bonds is 6. The molecule has 0 radical (unpaired) electrons. The summed E-state index contributed by atoms with van der Waals surface area (Å²) in [5.41, 5.74) is 2.89. The van der Waals surface area contributed by atoms with Crippen molar-refractivity contribution < 1.29 is 9.90 Å². The van der Waals surface area contributed by atoms with Crippen molar-refractivity contribution >= 4 is 5.78 Å². The topological polar surface area (TPSA) is 37.3 Å². The van der Waals surface area contributed by atoms with Gasteiger partial charge < -0.3 is 5.11 Å². The first-order chi connectivity index (χ1) is 11.0. The van der Waals surface area contributed by atoms with Gasteiger partial charge in [0.05, 0.1) is 5.56 Å². The van der Waals surface area contributed by atoms with E-state index in [9.17, 15) is 9.90 Å². The number of phenols is 1. The third-order valence-electron chi connectivity index (χ3n) is 4.79. The van der Waals surface area contributed by atoms with Gasteiger partial charge in [-0.3, -0.25) is 4.79 Å². The minimum Gasteiger partial charge on any atom is -0.507 e. The standard InChI is InChI=1S/C21H26O2/c1-5-14(3)17-12-13-18(15(4)6-2)21(23)19(17)20(22)16-10-8-7-9-11-16/h7-15,23H,5-6H2,1-4H3/t14-,15-/m0/s1. The highest BCUT2D eigenvalue weighted by atomic mass is 16.3. The Labute approximate surface area is 139 Å². The number of carbonyl (C=O) groups excluding carboxylic acids is 1. The quantitative estimate of drug-likeness (QED) is 0.700. The molecule has 2 aromatic rings. The van der Waals surface area contributed by atoms with E-state index < -0.39 is 0 Å². The molecule has 2 aromatic carbocycles. The first-order valence-corrected chi connectivity index (χ1v) is 8.46. The third kappa shape index (κ3) is 3.47. The van der Waals surface area contributed by atoms with E-state index in [-0.39, 0.29) is 23.4 Å². The van der Waals surface area contributed by atoms with Crippen molar-refractivity contribution in [3.63, 3.8) is 0 Å². The lowest BCUT2D eigenvalue weighted by molar-refractivity contribution is 0.103. The Morgan fingerprint density at radius 2 is 1.43 bits per heavy atom. The van der Waals surface area contributed by atoms with Crippen LogP contribution in [0.15, 0.2) is 42.5 Å². The maximum Gasteiger partial charge on any atom is 0.197 e. The van der Waals surface area contributed by atoms with E-state index in [0.717, 1.165) is 24.0 Å². The van der Waals surface area contributed by atoms with Crippen molar-refractivity contribution in [2.75, 3.05) is 0 Å². The second-order valence-corrected chi connectivity index (χ2v) is 6.28. The fourth-order valence-electron chi connectivity index (χ4n) is 2.84. The molecule has 23 heavy (non-hydrogen) atoms. The number of hydrogen-bond acceptors (Lipinski definition) is 2. The fraction of sp³-hybridized carbons (Fsp3) is 0.381. The van der Waals surface area contributed by atoms with E-state index in [4.69, 9.17) is 0 Å². The molecule has 0 bridgehead atoms. The van der Waals surface area contributed by atoms with Gasteiger partial charge in [0.2, 0.25) is 0 Å². The average Bonchev–Trinajstić information content (AvgIpc) is 2.60. The van der Waals surface area contributed by atoms with Crippen molar-refractivity contribution in [2.45, 2.75) is 52.4 Å². The Morgan fingerprint density at radius 1 is 0.913 bits per heavy atom. The molecule has 1 N–H and O–H groups in total. The van der Waals surface area contributed by atoms with Crippen LogP contribution in [0.1, 0.15) is 79.4 Å². The van der Waals surface area contributed by atoms with Crippen molar-refractivity contribution in [3.05, 3.63) is 64.7 Å². The molecule has 2 heteroatoms. The molecule has 0 saturated carbocycles. The number of benzene rings is 2. The van der Waals surface area contributed by atoms with E-state index in [1.54, 1.807) is 12.1 Å². The number of ketones is 1. The molecule has 0 fully saturated rings. The van der Waals surface area contributed by atoms with Gasteiger partial charge in [-0.05, 0) is 35.8 Å². The lowest BCUT2D eigenvalue weighted by Crippen LogP contribution is -2.10. The molecule has 2 atom stereocenters. The van der Waals surface area contributed by atoms with Gasteiger partial charge in [0.15, 0.2) is 5.78 Å². The summed E-state index contributed by atoms with van der Waals surface area (Å²) in [6, 6.07) is 13.2. The highest BCUT2D eigenvalue weighted by Crippen LogP contribution is 2.37. The van der Waals surface area contributed by atoms with Crippen LogP contribution >= 0.6 is 0 Å². The Hall–Kier alpha value is -2.09. The smallest absolute Gasteiger partial charge is 0.197 e. The molecular formula is C21H26O2. The first-order valence-electron chi connectivity index (χ1n) is 8.46. The zero-order valence-electron chi connectivity index (χ0n) is 14.5. The summed E-state index contributed by atoms with van der Waals surface area (Å²) in [5, 5.41) is 10.8. The molecule has 2 nitrogen and oxygen atoms in total. The molecule has 0 aliphatic heterocycles. The minimum absolute atomic E-state index is 0.0939. The summed E-state index contributed by atoms with van der Waals surface area (Å²) in [6.07, 6.45) is 1.85. The van der Waals surface area contributed by atoms with Crippen LogP contribution in [-0.2, 0) is 0 Å². The molecule has 0 aliphatic carbocycles. The molecule has 2 rings (SSSR count). The summed E-state index contributed by atoms with van der Waals surface area (Å²) < 4.78 is 0. The number of hydrogen-bond donors (Lipinski definition) is 1. The fourth-order valence-corrected chi connectivity index (χ4v) is 2.84. The van der Waals surface area contributed by atoms with E-state index in [1.807, 2.05) is 30.3 Å². The lowest BCUT2D eigenvalue weighted by Gasteiger charge is -2.20.